The molecule has 0 bridgehead atoms. The largest absolute Gasteiger partial charge is 0.359 e. The van der Waals surface area contributed by atoms with Crippen LogP contribution in [0, 0.1) is 0 Å². The van der Waals surface area contributed by atoms with Crippen LogP contribution >= 0.6 is 0 Å². The van der Waals surface area contributed by atoms with Gasteiger partial charge in [0.1, 0.15) is 5.52 Å². The Morgan fingerprint density at radius 3 is 2.79 bits per heavy atom. The molecule has 0 aliphatic rings. The zero-order valence-electron chi connectivity index (χ0n) is 7.37. The van der Waals surface area contributed by atoms with Crippen molar-refractivity contribution in [1.82, 2.24) is 9.97 Å². The first-order valence-corrected chi connectivity index (χ1v) is 4.44. The number of hydrogen-bond donors (Lipinski definition) is 2. The number of hydrogen-bond acceptors (Lipinski definition) is 1. The van der Waals surface area contributed by atoms with E-state index in [0.29, 0.717) is 5.52 Å². The maximum Gasteiger partial charge on any atom is 0.205 e. The molecule has 0 amide bonds. The molecule has 2 heterocycles. The van der Waals surface area contributed by atoms with Crippen LogP contribution in [-0.4, -0.2) is 9.97 Å². The predicted octanol–water partition coefficient (Wildman–Crippen LogP) is 2.01. The molecule has 0 atom stereocenters. The number of benzene rings is 1. The first kappa shape index (κ1) is 7.38. The topological polar surface area (TPSA) is 48.6 Å². The normalized spacial score (nSPS) is 11.1. The van der Waals surface area contributed by atoms with E-state index in [2.05, 4.69) is 9.97 Å². The van der Waals surface area contributed by atoms with Gasteiger partial charge in [0.15, 0.2) is 0 Å². The second-order valence-electron chi connectivity index (χ2n) is 3.26. The molecular formula is C11H8N2O. The van der Waals surface area contributed by atoms with Gasteiger partial charge in [0.2, 0.25) is 5.43 Å². The molecule has 0 unspecified atom stereocenters. The Morgan fingerprint density at radius 2 is 1.86 bits per heavy atom. The van der Waals surface area contributed by atoms with Gasteiger partial charge in [-0.25, -0.2) is 0 Å². The Morgan fingerprint density at radius 1 is 1.00 bits per heavy atom. The number of aromatic amines is 2. The fourth-order valence-corrected chi connectivity index (χ4v) is 1.76. The number of nitrogens with one attached hydrogen (secondary N) is 2. The lowest BCUT2D eigenvalue weighted by Crippen LogP contribution is -1.98. The third-order valence-electron chi connectivity index (χ3n) is 2.41. The third kappa shape index (κ3) is 0.836. The molecule has 14 heavy (non-hydrogen) atoms. The minimum Gasteiger partial charge on any atom is -0.359 e. The van der Waals surface area contributed by atoms with E-state index >= 15 is 0 Å². The van der Waals surface area contributed by atoms with Crippen LogP contribution in [0.4, 0.5) is 0 Å². The monoisotopic (exact) mass is 184 g/mol. The van der Waals surface area contributed by atoms with Gasteiger partial charge in [0.05, 0.1) is 5.52 Å². The Bertz CT molecular complexity index is 663. The van der Waals surface area contributed by atoms with Crippen LogP contribution in [0.1, 0.15) is 0 Å². The first-order chi connectivity index (χ1) is 6.86. The van der Waals surface area contributed by atoms with Crippen LogP contribution in [0.15, 0.2) is 41.3 Å². The molecule has 0 saturated carbocycles. The fraction of sp³-hybridized carbons (Fsp3) is 0. The molecule has 3 nitrogen and oxygen atoms in total. The Labute approximate surface area is 79.4 Å². The van der Waals surface area contributed by atoms with Gasteiger partial charge in [-0.2, -0.15) is 0 Å². The summed E-state index contributed by atoms with van der Waals surface area (Å²) in [5.74, 6) is 0. The third-order valence-corrected chi connectivity index (χ3v) is 2.41. The van der Waals surface area contributed by atoms with Crippen molar-refractivity contribution in [2.75, 3.05) is 0 Å². The summed E-state index contributed by atoms with van der Waals surface area (Å²) in [7, 11) is 0. The molecule has 0 spiro atoms. The summed E-state index contributed by atoms with van der Waals surface area (Å²) in [5, 5.41) is 1.06. The lowest BCUT2D eigenvalue weighted by atomic mass is 10.2. The molecule has 68 valence electrons. The lowest BCUT2D eigenvalue weighted by molar-refractivity contribution is 1.39. The molecule has 0 saturated heterocycles. The fourth-order valence-electron chi connectivity index (χ4n) is 1.76. The molecule has 0 aliphatic carbocycles. The maximum absolute atomic E-state index is 11.5. The van der Waals surface area contributed by atoms with E-state index in [9.17, 15) is 4.79 Å². The van der Waals surface area contributed by atoms with Crippen LogP contribution in [0.2, 0.25) is 0 Å². The molecule has 0 aliphatic heterocycles. The molecule has 3 rings (SSSR count). The number of para-hydroxylation sites is 1. The Hall–Kier alpha value is -2.03. The highest BCUT2D eigenvalue weighted by Crippen LogP contribution is 2.20. The van der Waals surface area contributed by atoms with Crippen LogP contribution in [0.3, 0.4) is 0 Å². The van der Waals surface area contributed by atoms with E-state index in [4.69, 9.17) is 0 Å². The summed E-state index contributed by atoms with van der Waals surface area (Å²) < 4.78 is 0. The van der Waals surface area contributed by atoms with E-state index in [-0.39, 0.29) is 5.43 Å². The zero-order valence-corrected chi connectivity index (χ0v) is 7.37. The summed E-state index contributed by atoms with van der Waals surface area (Å²) in [6.45, 7) is 0. The second-order valence-corrected chi connectivity index (χ2v) is 3.26. The summed E-state index contributed by atoms with van der Waals surface area (Å²) in [4.78, 5) is 17.7. The van der Waals surface area contributed by atoms with E-state index in [1.54, 1.807) is 6.20 Å². The molecule has 0 radical (unpaired) electrons. The summed E-state index contributed by atoms with van der Waals surface area (Å²) in [6, 6.07) is 9.38. The predicted molar refractivity (Wildman–Crippen MR) is 56.4 cm³/mol. The number of fused-ring (bicyclic) bond motifs is 3. The van der Waals surface area contributed by atoms with Crippen LogP contribution in [0.5, 0.6) is 0 Å². The summed E-state index contributed by atoms with van der Waals surface area (Å²) in [5.41, 5.74) is 2.54. The quantitative estimate of drug-likeness (QED) is 0.551. The van der Waals surface area contributed by atoms with E-state index in [1.807, 2.05) is 24.3 Å². The van der Waals surface area contributed by atoms with Gasteiger partial charge in [-0.05, 0) is 6.07 Å². The van der Waals surface area contributed by atoms with E-state index < -0.39 is 0 Å². The van der Waals surface area contributed by atoms with Crippen molar-refractivity contribution in [3.63, 3.8) is 0 Å². The van der Waals surface area contributed by atoms with Crippen LogP contribution in [-0.2, 0) is 0 Å². The van der Waals surface area contributed by atoms with Crippen molar-refractivity contribution >= 4 is 21.9 Å². The van der Waals surface area contributed by atoms with Gasteiger partial charge >= 0.3 is 0 Å². The average molecular weight is 184 g/mol. The van der Waals surface area contributed by atoms with Gasteiger partial charge in [-0.1, -0.05) is 18.2 Å². The molecule has 3 heteroatoms. The smallest absolute Gasteiger partial charge is 0.205 e. The van der Waals surface area contributed by atoms with Crippen molar-refractivity contribution in [3.05, 3.63) is 46.8 Å². The highest BCUT2D eigenvalue weighted by atomic mass is 16.1. The second kappa shape index (κ2) is 2.48. The van der Waals surface area contributed by atoms with Gasteiger partial charge < -0.3 is 9.97 Å². The minimum atomic E-state index is 0.0231. The Kier molecular flexibility index (Phi) is 1.31. The van der Waals surface area contributed by atoms with Crippen LogP contribution < -0.4 is 5.43 Å². The lowest BCUT2D eigenvalue weighted by Gasteiger charge is -1.88. The number of H-pyrrole nitrogens is 2. The zero-order chi connectivity index (χ0) is 9.54. The highest BCUT2D eigenvalue weighted by molar-refractivity contribution is 6.04. The number of aromatic nitrogens is 2. The molecule has 2 aromatic heterocycles. The average Bonchev–Trinajstić information content (AvgIpc) is 2.59. The number of pyridine rings is 1. The first-order valence-electron chi connectivity index (χ1n) is 4.44. The van der Waals surface area contributed by atoms with Gasteiger partial charge in [-0.15, -0.1) is 0 Å². The van der Waals surface area contributed by atoms with Crippen molar-refractivity contribution < 1.29 is 0 Å². The van der Waals surface area contributed by atoms with Crippen LogP contribution in [0.25, 0.3) is 21.9 Å². The highest BCUT2D eigenvalue weighted by Gasteiger charge is 2.04. The van der Waals surface area contributed by atoms with Gasteiger partial charge in [-0.3, -0.25) is 4.79 Å². The molecule has 3 aromatic rings. The minimum absolute atomic E-state index is 0.0231. The summed E-state index contributed by atoms with van der Waals surface area (Å²) >= 11 is 0. The molecule has 2 N–H and O–H groups in total. The van der Waals surface area contributed by atoms with E-state index in [0.717, 1.165) is 16.4 Å². The van der Waals surface area contributed by atoms with Crippen molar-refractivity contribution in [1.29, 1.82) is 0 Å². The van der Waals surface area contributed by atoms with Gasteiger partial charge in [0, 0.05) is 23.2 Å². The van der Waals surface area contributed by atoms with Crippen molar-refractivity contribution in [3.8, 4) is 0 Å². The maximum atomic E-state index is 11.5. The molecule has 0 fully saturated rings. The Balaban J connectivity index is 2.70. The molecular weight excluding hydrogens is 176 g/mol. The SMILES string of the molecule is O=c1cc[nH]c2c1[nH]c1ccccc12. The van der Waals surface area contributed by atoms with Crippen molar-refractivity contribution in [2.24, 2.45) is 0 Å². The van der Waals surface area contributed by atoms with Crippen molar-refractivity contribution in [2.45, 2.75) is 0 Å². The molecule has 1 aromatic carbocycles. The standard InChI is InChI=1S/C11H8N2O/c14-9-5-6-12-10-7-3-1-2-4-8(7)13-11(9)10/h1-6,13H,(H,12,14). The number of rotatable bonds is 0. The van der Waals surface area contributed by atoms with Gasteiger partial charge in [0.25, 0.3) is 0 Å². The summed E-state index contributed by atoms with van der Waals surface area (Å²) in [6.07, 6.45) is 1.67. The van der Waals surface area contributed by atoms with E-state index in [1.165, 1.54) is 6.07 Å².